The fourth-order valence-corrected chi connectivity index (χ4v) is 1.51. The van der Waals surface area contributed by atoms with Crippen molar-refractivity contribution in [3.63, 3.8) is 0 Å². The van der Waals surface area contributed by atoms with Crippen LogP contribution in [0.1, 0.15) is 24.5 Å². The predicted molar refractivity (Wildman–Crippen MR) is 51.3 cm³/mol. The van der Waals surface area contributed by atoms with Gasteiger partial charge in [-0.05, 0) is 30.0 Å². The molecule has 0 unspecified atom stereocenters. The van der Waals surface area contributed by atoms with E-state index in [4.69, 9.17) is 0 Å². The van der Waals surface area contributed by atoms with Crippen molar-refractivity contribution in [2.75, 3.05) is 11.9 Å². The Morgan fingerprint density at radius 1 is 1.50 bits per heavy atom. The molecule has 1 nitrogen and oxygen atoms in total. The van der Waals surface area contributed by atoms with Crippen LogP contribution in [0.3, 0.4) is 0 Å². The van der Waals surface area contributed by atoms with Gasteiger partial charge in [0.05, 0.1) is 0 Å². The van der Waals surface area contributed by atoms with Crippen LogP contribution in [0.25, 0.3) is 0 Å². The number of rotatable bonds is 1. The maximum Gasteiger partial charge on any atom is 0.0379 e. The van der Waals surface area contributed by atoms with Crippen molar-refractivity contribution in [3.05, 3.63) is 35.7 Å². The summed E-state index contributed by atoms with van der Waals surface area (Å²) in [5.41, 5.74) is 3.88. The lowest BCUT2D eigenvalue weighted by Crippen LogP contribution is -2.10. The number of benzene rings is 1. The predicted octanol–water partition coefficient (Wildman–Crippen LogP) is 2.49. The van der Waals surface area contributed by atoms with Gasteiger partial charge in [0.1, 0.15) is 0 Å². The van der Waals surface area contributed by atoms with E-state index in [2.05, 4.69) is 36.9 Å². The molecule has 1 aliphatic heterocycles. The van der Waals surface area contributed by atoms with Gasteiger partial charge >= 0.3 is 0 Å². The molecule has 0 aliphatic carbocycles. The van der Waals surface area contributed by atoms with Crippen molar-refractivity contribution in [1.82, 2.24) is 0 Å². The highest BCUT2D eigenvalue weighted by molar-refractivity contribution is 5.57. The van der Waals surface area contributed by atoms with Gasteiger partial charge in [-0.1, -0.05) is 19.1 Å². The van der Waals surface area contributed by atoms with E-state index in [-0.39, 0.29) is 0 Å². The van der Waals surface area contributed by atoms with Crippen LogP contribution in [0, 0.1) is 6.42 Å². The van der Waals surface area contributed by atoms with Gasteiger partial charge in [0, 0.05) is 18.7 Å². The van der Waals surface area contributed by atoms with Crippen LogP contribution in [0.2, 0.25) is 0 Å². The molecule has 2 radical (unpaired) electrons. The zero-order chi connectivity index (χ0) is 8.39. The molecule has 1 aromatic carbocycles. The van der Waals surface area contributed by atoms with E-state index in [0.29, 0.717) is 0 Å². The zero-order valence-electron chi connectivity index (χ0n) is 7.35. The molecule has 1 N–H and O–H groups in total. The first-order valence-electron chi connectivity index (χ1n) is 4.51. The second-order valence-corrected chi connectivity index (χ2v) is 3.09. The van der Waals surface area contributed by atoms with Gasteiger partial charge in [-0.3, -0.25) is 0 Å². The Hall–Kier alpha value is -0.980. The minimum absolute atomic E-state index is 1.03. The van der Waals surface area contributed by atoms with Gasteiger partial charge < -0.3 is 5.32 Å². The number of nitrogens with one attached hydrogen (secondary N) is 1. The molecule has 0 spiro atoms. The maximum atomic E-state index is 3.37. The molecule has 1 heterocycles. The van der Waals surface area contributed by atoms with E-state index in [9.17, 15) is 0 Å². The van der Waals surface area contributed by atoms with Crippen molar-refractivity contribution in [1.29, 1.82) is 0 Å². The van der Waals surface area contributed by atoms with Gasteiger partial charge in [0.25, 0.3) is 0 Å². The standard InChI is InChI=1S/C11H13N/c1-2-9-5-6-11-10(8-9)4-3-7-12-11/h5-6,8,12H,2-3,7H2,1H3. The minimum Gasteiger partial charge on any atom is -0.385 e. The van der Waals surface area contributed by atoms with Crippen LogP contribution in [-0.4, -0.2) is 6.54 Å². The summed E-state index contributed by atoms with van der Waals surface area (Å²) in [7, 11) is 0. The third-order valence-corrected chi connectivity index (χ3v) is 2.25. The Bertz CT molecular complexity index is 278. The van der Waals surface area contributed by atoms with Gasteiger partial charge in [-0.2, -0.15) is 0 Å². The minimum atomic E-state index is 1.03. The second-order valence-electron chi connectivity index (χ2n) is 3.09. The Morgan fingerprint density at radius 3 is 3.25 bits per heavy atom. The first-order chi connectivity index (χ1) is 5.90. The van der Waals surface area contributed by atoms with Crippen LogP contribution in [-0.2, 0) is 6.42 Å². The van der Waals surface area contributed by atoms with Crippen molar-refractivity contribution in [3.8, 4) is 0 Å². The molecule has 1 aliphatic rings. The lowest BCUT2D eigenvalue weighted by molar-refractivity contribution is 0.967. The molecule has 2 rings (SSSR count). The molecular weight excluding hydrogens is 146 g/mol. The van der Waals surface area contributed by atoms with Crippen molar-refractivity contribution >= 4 is 5.69 Å². The first kappa shape index (κ1) is 7.66. The lowest BCUT2D eigenvalue weighted by Gasteiger charge is -2.17. The van der Waals surface area contributed by atoms with Gasteiger partial charge in [0.15, 0.2) is 0 Å². The molecule has 0 atom stereocenters. The third-order valence-electron chi connectivity index (χ3n) is 2.25. The monoisotopic (exact) mass is 159 g/mol. The summed E-state index contributed by atoms with van der Waals surface area (Å²) in [5, 5.41) is 3.35. The number of aryl methyl sites for hydroxylation is 1. The smallest absolute Gasteiger partial charge is 0.0379 e. The summed E-state index contributed by atoms with van der Waals surface area (Å²) < 4.78 is 0. The van der Waals surface area contributed by atoms with E-state index in [1.807, 2.05) is 0 Å². The summed E-state index contributed by atoms with van der Waals surface area (Å²) in [5.74, 6) is 0. The van der Waals surface area contributed by atoms with E-state index >= 15 is 0 Å². The molecular formula is C11H13N. The molecule has 12 heavy (non-hydrogen) atoms. The molecule has 0 saturated heterocycles. The van der Waals surface area contributed by atoms with E-state index < -0.39 is 0 Å². The number of hydrogen-bond donors (Lipinski definition) is 1. The average Bonchev–Trinajstić information content (AvgIpc) is 2.17. The molecule has 0 fully saturated rings. The van der Waals surface area contributed by atoms with Crippen molar-refractivity contribution in [2.24, 2.45) is 0 Å². The molecule has 0 aromatic heterocycles. The van der Waals surface area contributed by atoms with E-state index in [1.54, 1.807) is 0 Å². The highest BCUT2D eigenvalue weighted by Crippen LogP contribution is 2.24. The van der Waals surface area contributed by atoms with Crippen LogP contribution in [0.15, 0.2) is 18.2 Å². The highest BCUT2D eigenvalue weighted by Gasteiger charge is 2.08. The number of anilines is 1. The Morgan fingerprint density at radius 2 is 2.42 bits per heavy atom. The zero-order valence-corrected chi connectivity index (χ0v) is 7.35. The SMILES string of the molecule is CCc1ccc2c(c1)[C]CCN2. The fourth-order valence-electron chi connectivity index (χ4n) is 1.51. The topological polar surface area (TPSA) is 12.0 Å². The van der Waals surface area contributed by atoms with Crippen LogP contribution >= 0.6 is 0 Å². The van der Waals surface area contributed by atoms with Crippen molar-refractivity contribution < 1.29 is 0 Å². The van der Waals surface area contributed by atoms with E-state index in [1.165, 1.54) is 16.8 Å². The highest BCUT2D eigenvalue weighted by atomic mass is 14.9. The van der Waals surface area contributed by atoms with Crippen LogP contribution in [0.5, 0.6) is 0 Å². The van der Waals surface area contributed by atoms with Crippen molar-refractivity contribution in [2.45, 2.75) is 19.8 Å². The number of fused-ring (bicyclic) bond motifs is 1. The van der Waals surface area contributed by atoms with Gasteiger partial charge in [-0.25, -0.2) is 0 Å². The van der Waals surface area contributed by atoms with Crippen LogP contribution < -0.4 is 5.32 Å². The van der Waals surface area contributed by atoms with E-state index in [0.717, 1.165) is 19.4 Å². The summed E-state index contributed by atoms with van der Waals surface area (Å²) >= 11 is 0. The summed E-state index contributed by atoms with van der Waals surface area (Å²) in [6.07, 6.45) is 5.51. The Balaban J connectivity index is 2.36. The summed E-state index contributed by atoms with van der Waals surface area (Å²) in [6.45, 7) is 3.20. The normalized spacial score (nSPS) is 15.1. The summed E-state index contributed by atoms with van der Waals surface area (Å²) in [4.78, 5) is 0. The second kappa shape index (κ2) is 3.18. The Labute approximate surface area is 73.8 Å². The van der Waals surface area contributed by atoms with Gasteiger partial charge in [0.2, 0.25) is 0 Å². The Kier molecular flexibility index (Phi) is 2.03. The number of hydrogen-bond acceptors (Lipinski definition) is 1. The largest absolute Gasteiger partial charge is 0.385 e. The molecule has 1 aromatic rings. The fraction of sp³-hybridized carbons (Fsp3) is 0.364. The maximum absolute atomic E-state index is 3.37. The van der Waals surface area contributed by atoms with Crippen LogP contribution in [0.4, 0.5) is 5.69 Å². The molecule has 1 heteroatoms. The molecule has 62 valence electrons. The molecule has 0 saturated carbocycles. The molecule has 0 amide bonds. The third kappa shape index (κ3) is 1.31. The quantitative estimate of drug-likeness (QED) is 0.663. The average molecular weight is 159 g/mol. The summed E-state index contributed by atoms with van der Waals surface area (Å²) in [6, 6.07) is 6.56. The molecule has 0 bridgehead atoms. The van der Waals surface area contributed by atoms with Gasteiger partial charge in [-0.15, -0.1) is 0 Å². The lowest BCUT2D eigenvalue weighted by atomic mass is 10.00. The first-order valence-corrected chi connectivity index (χ1v) is 4.51.